The second kappa shape index (κ2) is 7.43. The molecule has 6 nitrogen and oxygen atoms in total. The van der Waals surface area contributed by atoms with Gasteiger partial charge < -0.3 is 10.2 Å². The number of likely N-dealkylation sites (N-methyl/N-ethyl adjacent to an activating group) is 1. The Bertz CT molecular complexity index is 704. The number of piperidine rings is 1. The van der Waals surface area contributed by atoms with Crippen molar-refractivity contribution in [3.63, 3.8) is 0 Å². The molecule has 1 amide bonds. The molecule has 0 radical (unpaired) electrons. The molecule has 2 aliphatic heterocycles. The van der Waals surface area contributed by atoms with Crippen molar-refractivity contribution in [2.45, 2.75) is 37.1 Å². The van der Waals surface area contributed by atoms with Crippen molar-refractivity contribution in [3.8, 4) is 0 Å². The Balaban J connectivity index is 1.61. The number of nitrogens with one attached hydrogen (secondary N) is 1. The van der Waals surface area contributed by atoms with Gasteiger partial charge in [-0.15, -0.1) is 0 Å². The molecule has 3 rings (SSSR count). The molecule has 138 valence electrons. The summed E-state index contributed by atoms with van der Waals surface area (Å²) in [5, 5.41) is 3.28. The summed E-state index contributed by atoms with van der Waals surface area (Å²) in [5.74, 6) is 0.0798. The van der Waals surface area contributed by atoms with E-state index in [1.54, 1.807) is 12.1 Å². The maximum absolute atomic E-state index is 12.7. The van der Waals surface area contributed by atoms with Crippen LogP contribution in [0.1, 0.15) is 24.8 Å². The van der Waals surface area contributed by atoms with Gasteiger partial charge in [0.1, 0.15) is 0 Å². The van der Waals surface area contributed by atoms with Gasteiger partial charge in [0.15, 0.2) is 0 Å². The fourth-order valence-electron chi connectivity index (χ4n) is 3.64. The van der Waals surface area contributed by atoms with Crippen molar-refractivity contribution >= 4 is 15.9 Å². The third kappa shape index (κ3) is 3.88. The molecule has 2 heterocycles. The Morgan fingerprint density at radius 1 is 1.16 bits per heavy atom. The number of aryl methyl sites for hydroxylation is 1. The summed E-state index contributed by atoms with van der Waals surface area (Å²) in [6, 6.07) is 7.20. The molecule has 7 heteroatoms. The van der Waals surface area contributed by atoms with E-state index in [0.717, 1.165) is 25.1 Å². The first kappa shape index (κ1) is 18.4. The lowest BCUT2D eigenvalue weighted by molar-refractivity contribution is -0.137. The quantitative estimate of drug-likeness (QED) is 0.871. The summed E-state index contributed by atoms with van der Waals surface area (Å²) in [6.07, 6.45) is 2.17. The Labute approximate surface area is 150 Å². The molecule has 0 aromatic heterocycles. The number of amides is 1. The highest BCUT2D eigenvalue weighted by Crippen LogP contribution is 2.26. The number of sulfonamides is 1. The summed E-state index contributed by atoms with van der Waals surface area (Å²) in [5.41, 5.74) is 1.03. The van der Waals surface area contributed by atoms with Gasteiger partial charge in [0, 0.05) is 38.6 Å². The zero-order valence-electron chi connectivity index (χ0n) is 14.9. The summed E-state index contributed by atoms with van der Waals surface area (Å²) < 4.78 is 27.0. The molecule has 0 bridgehead atoms. The minimum Gasteiger partial charge on any atom is -0.341 e. The van der Waals surface area contributed by atoms with E-state index < -0.39 is 10.0 Å². The lowest BCUT2D eigenvalue weighted by atomic mass is 9.96. The monoisotopic (exact) mass is 365 g/mol. The van der Waals surface area contributed by atoms with E-state index >= 15 is 0 Å². The highest BCUT2D eigenvalue weighted by atomic mass is 32.2. The molecule has 2 saturated heterocycles. The minimum absolute atomic E-state index is 0.0740. The fourth-order valence-corrected chi connectivity index (χ4v) is 5.11. The van der Waals surface area contributed by atoms with Crippen LogP contribution in [0, 0.1) is 12.8 Å². The number of carbonyl (C=O) groups is 1. The number of hydrogen-bond acceptors (Lipinski definition) is 4. The van der Waals surface area contributed by atoms with Gasteiger partial charge in [-0.1, -0.05) is 17.7 Å². The molecule has 0 spiro atoms. The van der Waals surface area contributed by atoms with Gasteiger partial charge in [-0.3, -0.25) is 4.79 Å². The largest absolute Gasteiger partial charge is 0.341 e. The van der Waals surface area contributed by atoms with Gasteiger partial charge >= 0.3 is 0 Å². The van der Waals surface area contributed by atoms with Crippen LogP contribution in [-0.4, -0.2) is 62.8 Å². The molecule has 1 aromatic carbocycles. The Morgan fingerprint density at radius 2 is 1.80 bits per heavy atom. The summed E-state index contributed by atoms with van der Waals surface area (Å²) in [4.78, 5) is 14.9. The molecule has 0 saturated carbocycles. The lowest BCUT2D eigenvalue weighted by Gasteiger charge is -2.34. The first-order valence-corrected chi connectivity index (χ1v) is 10.4. The molecule has 0 aliphatic carbocycles. The summed E-state index contributed by atoms with van der Waals surface area (Å²) in [6.45, 7) is 4.55. The van der Waals surface area contributed by atoms with E-state index in [1.807, 2.05) is 31.0 Å². The zero-order chi connectivity index (χ0) is 18.0. The standard InChI is InChI=1S/C18H27N3O3S/c1-14-3-5-17(6-4-14)25(23,24)21-11-8-15(9-12-21)18(22)20(2)16-7-10-19-13-16/h3-6,15-16,19H,7-13H2,1-2H3. The van der Waals surface area contributed by atoms with Crippen LogP contribution in [0.4, 0.5) is 0 Å². The number of carbonyl (C=O) groups excluding carboxylic acids is 1. The minimum atomic E-state index is -3.47. The van der Waals surface area contributed by atoms with Crippen LogP contribution < -0.4 is 5.32 Å². The zero-order valence-corrected chi connectivity index (χ0v) is 15.8. The van der Waals surface area contributed by atoms with E-state index in [1.165, 1.54) is 4.31 Å². The molecule has 1 atom stereocenters. The Hall–Kier alpha value is -1.44. The second-order valence-corrected chi connectivity index (χ2v) is 9.03. The highest BCUT2D eigenvalue weighted by molar-refractivity contribution is 7.89. The van der Waals surface area contributed by atoms with Crippen molar-refractivity contribution in [1.29, 1.82) is 0 Å². The van der Waals surface area contributed by atoms with E-state index in [4.69, 9.17) is 0 Å². The van der Waals surface area contributed by atoms with Gasteiger partial charge in [-0.2, -0.15) is 4.31 Å². The van der Waals surface area contributed by atoms with Crippen molar-refractivity contribution in [2.24, 2.45) is 5.92 Å². The van der Waals surface area contributed by atoms with Crippen molar-refractivity contribution in [3.05, 3.63) is 29.8 Å². The van der Waals surface area contributed by atoms with E-state index in [-0.39, 0.29) is 17.9 Å². The third-order valence-electron chi connectivity index (χ3n) is 5.39. The first-order chi connectivity index (χ1) is 11.9. The van der Waals surface area contributed by atoms with Gasteiger partial charge in [0.05, 0.1) is 4.90 Å². The Kier molecular flexibility index (Phi) is 5.46. The van der Waals surface area contributed by atoms with Crippen LogP contribution in [0.2, 0.25) is 0 Å². The van der Waals surface area contributed by atoms with Crippen molar-refractivity contribution in [2.75, 3.05) is 33.2 Å². The predicted molar refractivity (Wildman–Crippen MR) is 96.7 cm³/mol. The average molecular weight is 365 g/mol. The normalized spacial score (nSPS) is 22.9. The number of nitrogens with zero attached hydrogens (tertiary/aromatic N) is 2. The third-order valence-corrected chi connectivity index (χ3v) is 7.30. The SMILES string of the molecule is Cc1ccc(S(=O)(=O)N2CCC(C(=O)N(C)C3CCNC3)CC2)cc1. The first-order valence-electron chi connectivity index (χ1n) is 8.94. The smallest absolute Gasteiger partial charge is 0.243 e. The van der Waals surface area contributed by atoms with Crippen LogP contribution in [0.3, 0.4) is 0 Å². The van der Waals surface area contributed by atoms with Crippen LogP contribution >= 0.6 is 0 Å². The van der Waals surface area contributed by atoms with Crippen LogP contribution in [-0.2, 0) is 14.8 Å². The van der Waals surface area contributed by atoms with Gasteiger partial charge in [-0.25, -0.2) is 8.42 Å². The highest BCUT2D eigenvalue weighted by Gasteiger charge is 2.34. The van der Waals surface area contributed by atoms with Crippen molar-refractivity contribution in [1.82, 2.24) is 14.5 Å². The average Bonchev–Trinajstić information content (AvgIpc) is 3.15. The second-order valence-electron chi connectivity index (χ2n) is 7.09. The van der Waals surface area contributed by atoms with Crippen LogP contribution in [0.15, 0.2) is 29.2 Å². The molecular weight excluding hydrogens is 338 g/mol. The topological polar surface area (TPSA) is 69.7 Å². The van der Waals surface area contributed by atoms with Gasteiger partial charge in [0.25, 0.3) is 0 Å². The summed E-state index contributed by atoms with van der Waals surface area (Å²) >= 11 is 0. The molecular formula is C18H27N3O3S. The number of hydrogen-bond donors (Lipinski definition) is 1. The molecule has 1 unspecified atom stereocenters. The number of rotatable bonds is 4. The maximum Gasteiger partial charge on any atom is 0.243 e. The molecule has 25 heavy (non-hydrogen) atoms. The maximum atomic E-state index is 12.7. The van der Waals surface area contributed by atoms with Gasteiger partial charge in [0.2, 0.25) is 15.9 Å². The Morgan fingerprint density at radius 3 is 2.36 bits per heavy atom. The molecule has 1 N–H and O–H groups in total. The van der Waals surface area contributed by atoms with Crippen LogP contribution in [0.5, 0.6) is 0 Å². The molecule has 2 aliphatic rings. The van der Waals surface area contributed by atoms with Crippen LogP contribution in [0.25, 0.3) is 0 Å². The van der Waals surface area contributed by atoms with Gasteiger partial charge in [-0.05, 0) is 44.9 Å². The predicted octanol–water partition coefficient (Wildman–Crippen LogP) is 1.22. The van der Waals surface area contributed by atoms with E-state index in [9.17, 15) is 13.2 Å². The lowest BCUT2D eigenvalue weighted by Crippen LogP contribution is -2.46. The van der Waals surface area contributed by atoms with Crippen molar-refractivity contribution < 1.29 is 13.2 Å². The van der Waals surface area contributed by atoms with E-state index in [2.05, 4.69) is 5.32 Å². The van der Waals surface area contributed by atoms with E-state index in [0.29, 0.717) is 30.8 Å². The fraction of sp³-hybridized carbons (Fsp3) is 0.611. The molecule has 1 aromatic rings. The molecule has 2 fully saturated rings. The number of benzene rings is 1. The summed E-state index contributed by atoms with van der Waals surface area (Å²) in [7, 11) is -1.59.